The molecular weight excluding hydrogens is 421 g/mol. The molecule has 0 N–H and O–H groups in total. The molecule has 1 radical (unpaired) electrons. The van der Waals surface area contributed by atoms with Gasteiger partial charge in [-0.15, -0.1) is 0 Å². The smallest absolute Gasteiger partial charge is 0.871 e. The molecule has 0 aliphatic heterocycles. The van der Waals surface area contributed by atoms with Gasteiger partial charge in [-0.2, -0.15) is 0 Å². The molecule has 22 heavy (non-hydrogen) atoms. The fourth-order valence-corrected chi connectivity index (χ4v) is 2.41. The minimum atomic E-state index is -0.0778. The number of likely N-dealkylation sites (N-methyl/N-ethyl adjacent to an activating group) is 1. The van der Waals surface area contributed by atoms with Crippen LogP contribution in [0, 0.1) is 0 Å². The Morgan fingerprint density at radius 2 is 1.91 bits per heavy atom. The van der Waals surface area contributed by atoms with Gasteiger partial charge in [0.2, 0.25) is 0 Å². The second-order valence-corrected chi connectivity index (χ2v) is 5.25. The van der Waals surface area contributed by atoms with E-state index in [9.17, 15) is 5.11 Å². The van der Waals surface area contributed by atoms with Crippen LogP contribution in [0.15, 0.2) is 21.6 Å². The van der Waals surface area contributed by atoms with Crippen LogP contribution in [0.2, 0.25) is 5.02 Å². The van der Waals surface area contributed by atoms with Crippen LogP contribution < -0.4 is 5.11 Å². The first-order valence-corrected chi connectivity index (χ1v) is 7.53. The van der Waals surface area contributed by atoms with Gasteiger partial charge in [-0.05, 0) is 30.8 Å². The topological polar surface area (TPSA) is 97.4 Å². The maximum atomic E-state index is 11.8. The third kappa shape index (κ3) is 9.30. The van der Waals surface area contributed by atoms with Gasteiger partial charge < -0.3 is 21.1 Å². The number of hydrogen-bond acceptors (Lipinski definition) is 3. The quantitative estimate of drug-likeness (QED) is 0.222. The van der Waals surface area contributed by atoms with E-state index in [1.165, 1.54) is 4.91 Å². The van der Waals surface area contributed by atoms with E-state index >= 15 is 0 Å². The molecular formula is C13H17BrClCuN5O. The Labute approximate surface area is 154 Å². The maximum absolute atomic E-state index is 11.8. The number of rotatable bonds is 6. The van der Waals surface area contributed by atoms with E-state index in [-0.39, 0.29) is 22.8 Å². The van der Waals surface area contributed by atoms with E-state index in [0.717, 1.165) is 19.6 Å². The van der Waals surface area contributed by atoms with Crippen LogP contribution in [0.25, 0.3) is 16.0 Å². The second kappa shape index (κ2) is 13.9. The van der Waals surface area contributed by atoms with Crippen LogP contribution in [0.4, 0.5) is 0 Å². The van der Waals surface area contributed by atoms with Gasteiger partial charge in [-0.1, -0.05) is 47.1 Å². The summed E-state index contributed by atoms with van der Waals surface area (Å²) in [6, 6.07) is 3.23. The van der Waals surface area contributed by atoms with E-state index in [2.05, 4.69) is 39.7 Å². The van der Waals surface area contributed by atoms with Crippen molar-refractivity contribution in [2.45, 2.75) is 13.8 Å². The molecule has 0 fully saturated rings. The van der Waals surface area contributed by atoms with Crippen molar-refractivity contribution in [3.05, 3.63) is 43.2 Å². The molecule has 0 amide bonds. The van der Waals surface area contributed by atoms with Crippen molar-refractivity contribution < 1.29 is 22.2 Å². The van der Waals surface area contributed by atoms with Gasteiger partial charge in [0.05, 0.1) is 6.54 Å². The fraction of sp³-hybridized carbons (Fsp3) is 0.462. The summed E-state index contributed by atoms with van der Waals surface area (Å²) >= 11 is 9.08. The van der Waals surface area contributed by atoms with Gasteiger partial charge in [-0.3, -0.25) is 9.90 Å². The number of halogens is 2. The number of nitrogens with zero attached hydrogens (tertiary/aromatic N) is 5. The van der Waals surface area contributed by atoms with Crippen LogP contribution in [0.5, 0.6) is 5.75 Å². The van der Waals surface area contributed by atoms with Gasteiger partial charge in [0, 0.05) is 22.3 Å². The van der Waals surface area contributed by atoms with Crippen molar-refractivity contribution >= 4 is 33.7 Å². The predicted octanol–water partition coefficient (Wildman–Crippen LogP) is 3.80. The molecule has 9 heteroatoms. The van der Waals surface area contributed by atoms with Crippen molar-refractivity contribution in [2.24, 2.45) is 4.99 Å². The average molecular weight is 438 g/mol. The summed E-state index contributed by atoms with van der Waals surface area (Å²) in [5.41, 5.74) is 14.0. The third-order valence-electron chi connectivity index (χ3n) is 2.71. The molecule has 1 aromatic rings. The molecule has 1 aromatic carbocycles. The zero-order chi connectivity index (χ0) is 16.3. The van der Waals surface area contributed by atoms with Crippen molar-refractivity contribution in [3.8, 4) is 5.75 Å². The summed E-state index contributed by atoms with van der Waals surface area (Å²) in [5.74, 6) is -0.0778. The van der Waals surface area contributed by atoms with Gasteiger partial charge in [0.15, 0.2) is 0 Å². The first kappa shape index (κ1) is 23.5. The van der Waals surface area contributed by atoms with Gasteiger partial charge >= 0.3 is 17.1 Å². The molecule has 125 valence electrons. The Morgan fingerprint density at radius 3 is 2.41 bits per heavy atom. The van der Waals surface area contributed by atoms with E-state index in [1.54, 1.807) is 18.3 Å². The average Bonchev–Trinajstić information content (AvgIpc) is 2.45. The van der Waals surface area contributed by atoms with E-state index < -0.39 is 0 Å². The minimum Gasteiger partial charge on any atom is -0.871 e. The normalized spacial score (nSPS) is 9.86. The molecule has 1 rings (SSSR count). The number of aliphatic imine (C=N–C) groups is 1. The molecule has 0 saturated heterocycles. The SMILES string of the molecule is CCN(CC)CCN=Cc1cc(Cl)cc(Br)c1[O-].[Cu+2].[N-]=[N+]=[N-]. The summed E-state index contributed by atoms with van der Waals surface area (Å²) in [7, 11) is 0. The van der Waals surface area contributed by atoms with Crippen molar-refractivity contribution in [3.63, 3.8) is 0 Å². The summed E-state index contributed by atoms with van der Waals surface area (Å²) in [6.45, 7) is 7.86. The van der Waals surface area contributed by atoms with E-state index in [4.69, 9.17) is 22.7 Å². The molecule has 0 unspecified atom stereocenters. The van der Waals surface area contributed by atoms with Crippen molar-refractivity contribution in [2.75, 3.05) is 26.2 Å². The van der Waals surface area contributed by atoms with Crippen LogP contribution in [0.1, 0.15) is 19.4 Å². The Balaban J connectivity index is 0. The van der Waals surface area contributed by atoms with Crippen molar-refractivity contribution in [1.29, 1.82) is 0 Å². The summed E-state index contributed by atoms with van der Waals surface area (Å²) in [4.78, 5) is 8.06. The predicted molar refractivity (Wildman–Crippen MR) is 88.9 cm³/mol. The summed E-state index contributed by atoms with van der Waals surface area (Å²) < 4.78 is 0.472. The van der Waals surface area contributed by atoms with Crippen LogP contribution in [-0.4, -0.2) is 37.3 Å². The Bertz CT molecular complexity index is 505. The summed E-state index contributed by atoms with van der Waals surface area (Å²) in [6.07, 6.45) is 1.60. The molecule has 0 aromatic heterocycles. The zero-order valence-electron chi connectivity index (χ0n) is 12.3. The van der Waals surface area contributed by atoms with Gasteiger partial charge in [-0.25, -0.2) is 0 Å². The first-order chi connectivity index (χ1) is 9.99. The molecule has 0 spiro atoms. The Kier molecular flexibility index (Phi) is 14.8. The molecule has 0 saturated carbocycles. The molecule has 6 nitrogen and oxygen atoms in total. The summed E-state index contributed by atoms with van der Waals surface area (Å²) in [5, 5.41) is 12.3. The van der Waals surface area contributed by atoms with Crippen LogP contribution in [0.3, 0.4) is 0 Å². The molecule has 0 aliphatic carbocycles. The second-order valence-electron chi connectivity index (χ2n) is 3.96. The largest absolute Gasteiger partial charge is 2.00 e. The van der Waals surface area contributed by atoms with Crippen LogP contribution >= 0.6 is 27.5 Å². The third-order valence-corrected chi connectivity index (χ3v) is 3.51. The molecule has 0 bridgehead atoms. The standard InChI is InChI=1S/C13H18BrClN2O.Cu.N3/c1-3-17(4-2)6-5-16-9-10-7-11(15)8-12(14)13(10)18;;1-3-2/h7-9,18H,3-6H2,1-2H3;;/q;+2;-1/p-1. The van der Waals surface area contributed by atoms with Gasteiger partial charge in [0.25, 0.3) is 0 Å². The van der Waals surface area contributed by atoms with E-state index in [0.29, 0.717) is 21.6 Å². The Hall–Kier alpha value is -0.751. The van der Waals surface area contributed by atoms with E-state index in [1.807, 2.05) is 0 Å². The minimum absolute atomic E-state index is 0. The zero-order valence-corrected chi connectivity index (χ0v) is 15.5. The van der Waals surface area contributed by atoms with Gasteiger partial charge in [0.1, 0.15) is 0 Å². The monoisotopic (exact) mass is 436 g/mol. The maximum Gasteiger partial charge on any atom is 2.00 e. The van der Waals surface area contributed by atoms with Crippen molar-refractivity contribution in [1.82, 2.24) is 4.90 Å². The fourth-order valence-electron chi connectivity index (χ4n) is 1.58. The number of hydrogen-bond donors (Lipinski definition) is 0. The van der Waals surface area contributed by atoms with Crippen LogP contribution in [-0.2, 0) is 17.1 Å². The first-order valence-electron chi connectivity index (χ1n) is 6.36. The molecule has 0 aliphatic rings. The molecule has 0 heterocycles. The Morgan fingerprint density at radius 1 is 1.36 bits per heavy atom. The molecule has 0 atom stereocenters. The number of benzene rings is 1.